The molecule has 2 aliphatic heterocycles. The van der Waals surface area contributed by atoms with Crippen molar-refractivity contribution < 1.29 is 9.47 Å². The highest BCUT2D eigenvalue weighted by atomic mass is 16.5. The van der Waals surface area contributed by atoms with Crippen molar-refractivity contribution in [3.8, 4) is 56.0 Å². The SMILES string of the molecule is COc1ccc(-c2c3nc(c(-c4ccc(OC)cc4)c4ccc([nH]4)c(-c4ccccc4C)c4nc(c(-c5ccccc5C)c5ccc2[nH]5)C=C4)C=C3)cc1. The van der Waals surface area contributed by atoms with E-state index in [9.17, 15) is 0 Å². The first-order valence-electron chi connectivity index (χ1n) is 18.1. The van der Waals surface area contributed by atoms with Gasteiger partial charge in [-0.2, -0.15) is 0 Å². The number of aryl methyl sites for hydroxylation is 2. The van der Waals surface area contributed by atoms with Gasteiger partial charge in [0.15, 0.2) is 0 Å². The van der Waals surface area contributed by atoms with Gasteiger partial charge in [0.2, 0.25) is 0 Å². The molecule has 0 spiro atoms. The molecule has 54 heavy (non-hydrogen) atoms. The quantitative estimate of drug-likeness (QED) is 0.181. The van der Waals surface area contributed by atoms with Crippen LogP contribution >= 0.6 is 0 Å². The Morgan fingerprint density at radius 1 is 0.389 bits per heavy atom. The summed E-state index contributed by atoms with van der Waals surface area (Å²) in [6, 6.07) is 42.0. The molecule has 2 aliphatic rings. The molecule has 5 heterocycles. The number of rotatable bonds is 6. The van der Waals surface area contributed by atoms with E-state index in [1.165, 1.54) is 11.1 Å². The number of aromatic nitrogens is 4. The predicted octanol–water partition coefficient (Wildman–Crippen LogP) is 12.0. The lowest BCUT2D eigenvalue weighted by Crippen LogP contribution is -1.91. The van der Waals surface area contributed by atoms with Gasteiger partial charge in [-0.1, -0.05) is 72.8 Å². The number of nitrogens with zero attached hydrogens (tertiary/aromatic N) is 2. The largest absolute Gasteiger partial charge is 0.497 e. The summed E-state index contributed by atoms with van der Waals surface area (Å²) >= 11 is 0. The van der Waals surface area contributed by atoms with E-state index in [2.05, 4.69) is 145 Å². The highest BCUT2D eigenvalue weighted by molar-refractivity contribution is 6.00. The molecule has 6 nitrogen and oxygen atoms in total. The maximum absolute atomic E-state index is 5.54. The lowest BCUT2D eigenvalue weighted by Gasteiger charge is -2.09. The zero-order valence-corrected chi connectivity index (χ0v) is 30.6. The first-order chi connectivity index (χ1) is 26.5. The summed E-state index contributed by atoms with van der Waals surface area (Å²) in [6.45, 7) is 4.31. The minimum atomic E-state index is 0.795. The van der Waals surface area contributed by atoms with Gasteiger partial charge < -0.3 is 19.4 Å². The van der Waals surface area contributed by atoms with Gasteiger partial charge in [0.25, 0.3) is 0 Å². The molecule has 0 aliphatic carbocycles. The highest BCUT2D eigenvalue weighted by Crippen LogP contribution is 2.39. The third-order valence-corrected chi connectivity index (χ3v) is 10.3. The summed E-state index contributed by atoms with van der Waals surface area (Å²) in [4.78, 5) is 18.5. The molecule has 2 N–H and O–H groups in total. The van der Waals surface area contributed by atoms with Crippen LogP contribution in [0.2, 0.25) is 0 Å². The van der Waals surface area contributed by atoms with Crippen molar-refractivity contribution in [1.29, 1.82) is 0 Å². The molecule has 3 aromatic heterocycles. The van der Waals surface area contributed by atoms with E-state index >= 15 is 0 Å². The molecule has 9 rings (SSSR count). The van der Waals surface area contributed by atoms with Crippen LogP contribution in [0.15, 0.2) is 121 Å². The molecule has 0 radical (unpaired) electrons. The topological polar surface area (TPSA) is 75.8 Å². The maximum atomic E-state index is 5.54. The van der Waals surface area contributed by atoms with Crippen molar-refractivity contribution >= 4 is 46.4 Å². The standard InChI is InChI=1S/C48H38N4O2/c1-29-9-5-7-11-35(29)47-41-25-23-39(50-41)45(31-13-17-33(53-3)18-14-31)37-21-22-38(49-37)46(32-15-19-34(54-4)20-16-32)40-24-26-42(51-40)48(44-28-27-43(47)52-44)36-12-8-6-10-30(36)2/h5-28,50-51H,1-4H3. The summed E-state index contributed by atoms with van der Waals surface area (Å²) in [5, 5.41) is 0. The maximum Gasteiger partial charge on any atom is 0.118 e. The first-order valence-corrected chi connectivity index (χ1v) is 18.1. The van der Waals surface area contributed by atoms with E-state index in [1.54, 1.807) is 14.2 Å². The van der Waals surface area contributed by atoms with Gasteiger partial charge in [0.1, 0.15) is 11.5 Å². The van der Waals surface area contributed by atoms with E-state index in [0.29, 0.717) is 0 Å². The van der Waals surface area contributed by atoms with E-state index in [1.807, 2.05) is 24.3 Å². The molecule has 6 heteroatoms. The van der Waals surface area contributed by atoms with Gasteiger partial charge >= 0.3 is 0 Å². The van der Waals surface area contributed by atoms with Crippen molar-refractivity contribution in [2.24, 2.45) is 0 Å². The summed E-state index contributed by atoms with van der Waals surface area (Å²) in [5.74, 6) is 1.59. The molecule has 0 amide bonds. The van der Waals surface area contributed by atoms with E-state index in [-0.39, 0.29) is 0 Å². The molecule has 0 atom stereocenters. The number of aromatic amines is 2. The first kappa shape index (κ1) is 33.0. The van der Waals surface area contributed by atoms with Crippen LogP contribution < -0.4 is 9.47 Å². The number of benzene rings is 4. The number of hydrogen-bond acceptors (Lipinski definition) is 4. The normalized spacial score (nSPS) is 11.9. The zero-order valence-electron chi connectivity index (χ0n) is 30.6. The monoisotopic (exact) mass is 702 g/mol. The number of hydrogen-bond donors (Lipinski definition) is 2. The van der Waals surface area contributed by atoms with Gasteiger partial charge in [-0.05, 0) is 120 Å². The Morgan fingerprint density at radius 2 is 0.722 bits per heavy atom. The fraction of sp³-hybridized carbons (Fsp3) is 0.0833. The number of ether oxygens (including phenoxy) is 2. The number of H-pyrrole nitrogens is 2. The van der Waals surface area contributed by atoms with Gasteiger partial charge in [-0.3, -0.25) is 0 Å². The molecule has 262 valence electrons. The summed E-state index contributed by atoms with van der Waals surface area (Å²) in [7, 11) is 3.37. The van der Waals surface area contributed by atoms with Crippen molar-refractivity contribution in [1.82, 2.24) is 19.9 Å². The van der Waals surface area contributed by atoms with E-state index in [0.717, 1.165) is 101 Å². The lowest BCUT2D eigenvalue weighted by molar-refractivity contribution is 0.415. The number of methoxy groups -OCH3 is 2. The average Bonchev–Trinajstić information content (AvgIpc) is 4.05. The second kappa shape index (κ2) is 13.6. The van der Waals surface area contributed by atoms with Gasteiger partial charge in [0.05, 0.1) is 37.0 Å². The minimum Gasteiger partial charge on any atom is -0.497 e. The summed E-state index contributed by atoms with van der Waals surface area (Å²) < 4.78 is 11.1. The molecular formula is C48H38N4O2. The van der Waals surface area contributed by atoms with Crippen LogP contribution in [0.1, 0.15) is 33.9 Å². The van der Waals surface area contributed by atoms with Crippen LogP contribution in [0, 0.1) is 13.8 Å². The van der Waals surface area contributed by atoms with Crippen molar-refractivity contribution in [2.75, 3.05) is 14.2 Å². The minimum absolute atomic E-state index is 0.795. The Kier molecular flexibility index (Phi) is 8.28. The Morgan fingerprint density at radius 3 is 1.07 bits per heavy atom. The van der Waals surface area contributed by atoms with Gasteiger partial charge in [-0.25, -0.2) is 9.97 Å². The molecule has 0 saturated carbocycles. The number of nitrogens with one attached hydrogen (secondary N) is 2. The van der Waals surface area contributed by atoms with Crippen LogP contribution in [-0.4, -0.2) is 34.2 Å². The summed E-state index contributed by atoms with van der Waals surface area (Å²) in [6.07, 6.45) is 8.52. The van der Waals surface area contributed by atoms with Crippen LogP contribution in [-0.2, 0) is 0 Å². The second-order valence-corrected chi connectivity index (χ2v) is 13.6. The third-order valence-electron chi connectivity index (χ3n) is 10.3. The number of fused-ring (bicyclic) bond motifs is 8. The van der Waals surface area contributed by atoms with Crippen LogP contribution in [0.4, 0.5) is 0 Å². The smallest absolute Gasteiger partial charge is 0.118 e. The van der Waals surface area contributed by atoms with E-state index in [4.69, 9.17) is 19.4 Å². The predicted molar refractivity (Wildman–Crippen MR) is 223 cm³/mol. The van der Waals surface area contributed by atoms with E-state index < -0.39 is 0 Å². The Bertz CT molecular complexity index is 2620. The average molecular weight is 703 g/mol. The molecule has 7 aromatic rings. The zero-order chi connectivity index (χ0) is 36.8. The van der Waals surface area contributed by atoms with Crippen molar-refractivity contribution in [3.63, 3.8) is 0 Å². The van der Waals surface area contributed by atoms with Crippen LogP contribution in [0.5, 0.6) is 11.5 Å². The highest BCUT2D eigenvalue weighted by Gasteiger charge is 2.20. The fourth-order valence-electron chi connectivity index (χ4n) is 7.60. The third kappa shape index (κ3) is 5.78. The lowest BCUT2D eigenvalue weighted by atomic mass is 9.99. The molecule has 4 aromatic carbocycles. The molecule has 8 bridgehead atoms. The molecule has 0 unspecified atom stereocenters. The van der Waals surface area contributed by atoms with Gasteiger partial charge in [0, 0.05) is 44.3 Å². The molecule has 0 saturated heterocycles. The fourth-order valence-corrected chi connectivity index (χ4v) is 7.60. The Balaban J connectivity index is 1.47. The summed E-state index contributed by atoms with van der Waals surface area (Å²) in [5.41, 5.74) is 18.0. The van der Waals surface area contributed by atoms with Gasteiger partial charge in [-0.15, -0.1) is 0 Å². The van der Waals surface area contributed by atoms with Crippen molar-refractivity contribution in [2.45, 2.75) is 13.8 Å². The van der Waals surface area contributed by atoms with Crippen LogP contribution in [0.25, 0.3) is 90.9 Å². The Hall–Kier alpha value is -6.92. The molecule has 0 fully saturated rings. The van der Waals surface area contributed by atoms with Crippen molar-refractivity contribution in [3.05, 3.63) is 155 Å². The van der Waals surface area contributed by atoms with Crippen LogP contribution in [0.3, 0.4) is 0 Å². The molecular weight excluding hydrogens is 665 g/mol. The second-order valence-electron chi connectivity index (χ2n) is 13.6. The Labute approximate surface area is 314 Å².